The van der Waals surface area contributed by atoms with Gasteiger partial charge in [0.05, 0.1) is 0 Å². The van der Waals surface area contributed by atoms with Gasteiger partial charge >= 0.3 is 0 Å². The zero-order valence-electron chi connectivity index (χ0n) is 12.6. The topological polar surface area (TPSA) is 28.2 Å². The van der Waals surface area contributed by atoms with Crippen LogP contribution in [0.3, 0.4) is 0 Å². The zero-order valence-corrected chi connectivity index (χ0v) is 12.6. The fourth-order valence-electron chi connectivity index (χ4n) is 2.65. The molecule has 0 atom stereocenters. The Morgan fingerprint density at radius 1 is 1.32 bits per heavy atom. The van der Waals surface area contributed by atoms with E-state index in [1.165, 1.54) is 42.9 Å². The third kappa shape index (κ3) is 3.69. The molecule has 3 nitrogen and oxygen atoms in total. The molecule has 0 amide bonds. The Labute approximate surface area is 117 Å². The van der Waals surface area contributed by atoms with Crippen LogP contribution >= 0.6 is 0 Å². The van der Waals surface area contributed by atoms with Gasteiger partial charge in [-0.05, 0) is 56.8 Å². The maximum absolute atomic E-state index is 4.81. The number of rotatable bonds is 7. The van der Waals surface area contributed by atoms with Gasteiger partial charge in [0.1, 0.15) is 5.82 Å². The van der Waals surface area contributed by atoms with Crippen LogP contribution in [0.15, 0.2) is 12.1 Å². The van der Waals surface area contributed by atoms with Crippen LogP contribution in [0, 0.1) is 5.92 Å². The van der Waals surface area contributed by atoms with E-state index in [9.17, 15) is 0 Å². The number of aromatic nitrogens is 1. The third-order valence-electron chi connectivity index (χ3n) is 4.08. The van der Waals surface area contributed by atoms with Gasteiger partial charge in [0.25, 0.3) is 0 Å². The number of aryl methyl sites for hydroxylation is 1. The van der Waals surface area contributed by atoms with Crippen molar-refractivity contribution in [2.24, 2.45) is 5.92 Å². The maximum Gasteiger partial charge on any atom is 0.129 e. The lowest BCUT2D eigenvalue weighted by molar-refractivity contribution is 0.318. The average molecular weight is 261 g/mol. The molecule has 2 rings (SSSR count). The lowest BCUT2D eigenvalue weighted by Gasteiger charge is -2.32. The lowest BCUT2D eigenvalue weighted by Crippen LogP contribution is -2.33. The van der Waals surface area contributed by atoms with Crippen LogP contribution in [0.5, 0.6) is 0 Å². The lowest BCUT2D eigenvalue weighted by atomic mass is 9.85. The number of pyridine rings is 1. The molecule has 19 heavy (non-hydrogen) atoms. The molecule has 106 valence electrons. The van der Waals surface area contributed by atoms with Crippen molar-refractivity contribution in [2.75, 3.05) is 25.0 Å². The number of hydrogen-bond acceptors (Lipinski definition) is 3. The van der Waals surface area contributed by atoms with Crippen molar-refractivity contribution in [1.82, 2.24) is 10.3 Å². The van der Waals surface area contributed by atoms with Gasteiger partial charge < -0.3 is 10.2 Å². The van der Waals surface area contributed by atoms with E-state index in [2.05, 4.69) is 36.2 Å². The molecular formula is C16H27N3. The maximum atomic E-state index is 4.81. The highest BCUT2D eigenvalue weighted by molar-refractivity contribution is 5.43. The predicted octanol–water partition coefficient (Wildman–Crippen LogP) is 2.99. The molecule has 1 aliphatic carbocycles. The Bertz CT molecular complexity index is 399. The fraction of sp³-hybridized carbons (Fsp3) is 0.688. The zero-order chi connectivity index (χ0) is 13.7. The molecule has 0 aliphatic heterocycles. The summed E-state index contributed by atoms with van der Waals surface area (Å²) in [7, 11) is 2.00. The average Bonchev–Trinajstić information content (AvgIpc) is 2.37. The second-order valence-electron chi connectivity index (χ2n) is 5.54. The molecule has 1 aliphatic rings. The van der Waals surface area contributed by atoms with Gasteiger partial charge in [0.2, 0.25) is 0 Å². The smallest absolute Gasteiger partial charge is 0.129 e. The van der Waals surface area contributed by atoms with Gasteiger partial charge in [0.15, 0.2) is 0 Å². The summed E-state index contributed by atoms with van der Waals surface area (Å²) in [6.45, 7) is 7.56. The summed E-state index contributed by atoms with van der Waals surface area (Å²) in [5.41, 5.74) is 2.55. The molecule has 0 unspecified atom stereocenters. The van der Waals surface area contributed by atoms with Gasteiger partial charge in [-0.2, -0.15) is 0 Å². The molecule has 0 radical (unpaired) electrons. The highest BCUT2D eigenvalue weighted by Gasteiger charge is 2.21. The molecule has 1 heterocycles. The summed E-state index contributed by atoms with van der Waals surface area (Å²) < 4.78 is 0. The summed E-state index contributed by atoms with van der Waals surface area (Å²) in [4.78, 5) is 7.26. The molecule has 1 saturated carbocycles. The second kappa shape index (κ2) is 6.90. The first-order valence-corrected chi connectivity index (χ1v) is 7.66. The number of nitrogens with zero attached hydrogens (tertiary/aromatic N) is 2. The minimum atomic E-state index is 0.889. The summed E-state index contributed by atoms with van der Waals surface area (Å²) >= 11 is 0. The first kappa shape index (κ1) is 14.3. The molecule has 1 aromatic heterocycles. The molecule has 1 aromatic rings. The fourth-order valence-corrected chi connectivity index (χ4v) is 2.65. The van der Waals surface area contributed by atoms with Crippen molar-refractivity contribution in [3.05, 3.63) is 23.4 Å². The molecule has 3 heteroatoms. The highest BCUT2D eigenvalue weighted by Crippen LogP contribution is 2.28. The van der Waals surface area contributed by atoms with E-state index in [1.807, 2.05) is 7.05 Å². The molecular weight excluding hydrogens is 234 g/mol. The van der Waals surface area contributed by atoms with Crippen molar-refractivity contribution in [3.63, 3.8) is 0 Å². The van der Waals surface area contributed by atoms with E-state index in [4.69, 9.17) is 4.98 Å². The van der Waals surface area contributed by atoms with Crippen molar-refractivity contribution in [1.29, 1.82) is 0 Å². The number of anilines is 1. The van der Waals surface area contributed by atoms with E-state index in [0.29, 0.717) is 0 Å². The first-order chi connectivity index (χ1) is 9.26. The minimum absolute atomic E-state index is 0.889. The summed E-state index contributed by atoms with van der Waals surface area (Å²) in [6.07, 6.45) is 5.21. The van der Waals surface area contributed by atoms with Gasteiger partial charge in [-0.1, -0.05) is 13.3 Å². The van der Waals surface area contributed by atoms with E-state index < -0.39 is 0 Å². The standard InChI is InChI=1S/C16H27N3/c1-4-15-9-14(11-17-3)10-16(18-15)19(5-2)12-13-7-6-8-13/h9-10,13,17H,4-8,11-12H2,1-3H3. The Morgan fingerprint density at radius 3 is 2.63 bits per heavy atom. The van der Waals surface area contributed by atoms with Gasteiger partial charge in [-0.3, -0.25) is 0 Å². The quantitative estimate of drug-likeness (QED) is 0.818. The van der Waals surface area contributed by atoms with Crippen molar-refractivity contribution in [2.45, 2.75) is 46.1 Å². The Hall–Kier alpha value is -1.09. The largest absolute Gasteiger partial charge is 0.357 e. The molecule has 0 saturated heterocycles. The van der Waals surface area contributed by atoms with Crippen LogP contribution in [0.1, 0.15) is 44.4 Å². The van der Waals surface area contributed by atoms with Crippen LogP contribution in [0.25, 0.3) is 0 Å². The monoisotopic (exact) mass is 261 g/mol. The molecule has 0 aromatic carbocycles. The number of hydrogen-bond donors (Lipinski definition) is 1. The summed E-state index contributed by atoms with van der Waals surface area (Å²) in [6, 6.07) is 4.47. The molecule has 1 fully saturated rings. The SMILES string of the molecule is CCc1cc(CNC)cc(N(CC)CC2CCC2)n1. The van der Waals surface area contributed by atoms with Gasteiger partial charge in [-0.25, -0.2) is 4.98 Å². The van der Waals surface area contributed by atoms with Crippen LogP contribution in [-0.4, -0.2) is 25.1 Å². The van der Waals surface area contributed by atoms with Crippen LogP contribution in [0.4, 0.5) is 5.82 Å². The van der Waals surface area contributed by atoms with Crippen LogP contribution in [0.2, 0.25) is 0 Å². The van der Waals surface area contributed by atoms with Crippen LogP contribution < -0.4 is 10.2 Å². The Kier molecular flexibility index (Phi) is 5.20. The third-order valence-corrected chi connectivity index (χ3v) is 4.08. The molecule has 1 N–H and O–H groups in total. The van der Waals surface area contributed by atoms with Crippen molar-refractivity contribution >= 4 is 5.82 Å². The van der Waals surface area contributed by atoms with E-state index in [1.54, 1.807) is 0 Å². The van der Waals surface area contributed by atoms with Gasteiger partial charge in [0, 0.05) is 25.3 Å². The summed E-state index contributed by atoms with van der Waals surface area (Å²) in [5, 5.41) is 3.24. The van der Waals surface area contributed by atoms with Crippen molar-refractivity contribution < 1.29 is 0 Å². The minimum Gasteiger partial charge on any atom is -0.357 e. The second-order valence-corrected chi connectivity index (χ2v) is 5.54. The van der Waals surface area contributed by atoms with E-state index in [-0.39, 0.29) is 0 Å². The Morgan fingerprint density at radius 2 is 2.11 bits per heavy atom. The first-order valence-electron chi connectivity index (χ1n) is 7.66. The van der Waals surface area contributed by atoms with E-state index in [0.717, 1.165) is 25.4 Å². The van der Waals surface area contributed by atoms with Crippen molar-refractivity contribution in [3.8, 4) is 0 Å². The summed E-state index contributed by atoms with van der Waals surface area (Å²) in [5.74, 6) is 2.05. The van der Waals surface area contributed by atoms with E-state index >= 15 is 0 Å². The molecule has 0 spiro atoms. The normalized spacial score (nSPS) is 15.3. The highest BCUT2D eigenvalue weighted by atomic mass is 15.2. The number of nitrogens with one attached hydrogen (secondary N) is 1. The van der Waals surface area contributed by atoms with Gasteiger partial charge in [-0.15, -0.1) is 0 Å². The predicted molar refractivity (Wildman–Crippen MR) is 81.6 cm³/mol. The van der Waals surface area contributed by atoms with Crippen LogP contribution in [-0.2, 0) is 13.0 Å². The Balaban J connectivity index is 2.16. The molecule has 0 bridgehead atoms.